The summed E-state index contributed by atoms with van der Waals surface area (Å²) in [6.45, 7) is 5.61. The molecule has 2 aromatic rings. The van der Waals surface area contributed by atoms with Crippen LogP contribution in [-0.4, -0.2) is 19.9 Å². The Morgan fingerprint density at radius 1 is 1.44 bits per heavy atom. The Morgan fingerprint density at radius 3 is 2.69 bits per heavy atom. The van der Waals surface area contributed by atoms with Gasteiger partial charge in [0.15, 0.2) is 5.65 Å². The zero-order chi connectivity index (χ0) is 11.9. The van der Waals surface area contributed by atoms with E-state index in [1.54, 1.807) is 6.92 Å². The Kier molecular flexibility index (Phi) is 2.34. The van der Waals surface area contributed by atoms with E-state index in [4.69, 9.17) is 0 Å². The van der Waals surface area contributed by atoms with E-state index in [0.29, 0.717) is 16.9 Å². The molecule has 1 N–H and O–H groups in total. The zero-order valence-electron chi connectivity index (χ0n) is 9.31. The largest absolute Gasteiger partial charge is 0.340 e. The molecule has 2 heterocycles. The van der Waals surface area contributed by atoms with Crippen molar-refractivity contribution in [2.45, 2.75) is 26.7 Å². The molecule has 84 valence electrons. The minimum Gasteiger partial charge on any atom is -0.340 e. The average molecular weight is 220 g/mol. The molecule has 2 aromatic heterocycles. The third-order valence-electron chi connectivity index (χ3n) is 2.40. The fourth-order valence-electron chi connectivity index (χ4n) is 1.50. The lowest BCUT2D eigenvalue weighted by molar-refractivity contribution is -0.385. The Bertz CT molecular complexity index is 559. The van der Waals surface area contributed by atoms with Gasteiger partial charge in [-0.1, -0.05) is 13.8 Å². The van der Waals surface area contributed by atoms with Crippen molar-refractivity contribution < 1.29 is 4.92 Å². The van der Waals surface area contributed by atoms with Crippen LogP contribution in [0.3, 0.4) is 0 Å². The van der Waals surface area contributed by atoms with Crippen molar-refractivity contribution in [2.24, 2.45) is 0 Å². The molecule has 2 rings (SSSR count). The summed E-state index contributed by atoms with van der Waals surface area (Å²) >= 11 is 0. The van der Waals surface area contributed by atoms with Gasteiger partial charge in [-0.25, -0.2) is 9.97 Å². The maximum atomic E-state index is 10.7. The summed E-state index contributed by atoms with van der Waals surface area (Å²) < 4.78 is 0. The van der Waals surface area contributed by atoms with Gasteiger partial charge in [0.05, 0.1) is 10.4 Å². The number of hydrogen-bond acceptors (Lipinski definition) is 4. The topological polar surface area (TPSA) is 84.7 Å². The number of aromatic nitrogens is 3. The summed E-state index contributed by atoms with van der Waals surface area (Å²) in [4.78, 5) is 21.7. The molecule has 0 amide bonds. The first-order valence-corrected chi connectivity index (χ1v) is 5.00. The highest BCUT2D eigenvalue weighted by Crippen LogP contribution is 2.22. The highest BCUT2D eigenvalue weighted by atomic mass is 16.6. The van der Waals surface area contributed by atoms with Crippen LogP contribution >= 0.6 is 0 Å². The molecule has 0 aliphatic rings. The monoisotopic (exact) mass is 220 g/mol. The van der Waals surface area contributed by atoms with Crippen molar-refractivity contribution in [3.63, 3.8) is 0 Å². The fraction of sp³-hybridized carbons (Fsp3) is 0.400. The van der Waals surface area contributed by atoms with E-state index in [-0.39, 0.29) is 11.6 Å². The van der Waals surface area contributed by atoms with Crippen LogP contribution in [0.25, 0.3) is 11.2 Å². The van der Waals surface area contributed by atoms with E-state index in [0.717, 1.165) is 5.82 Å². The SMILES string of the molecule is Cc1nc2nc(C(C)C)[nH]c2cc1[N+](=O)[O-]. The number of fused-ring (bicyclic) bond motifs is 1. The van der Waals surface area contributed by atoms with Crippen LogP contribution in [0.5, 0.6) is 0 Å². The van der Waals surface area contributed by atoms with Gasteiger partial charge in [-0.2, -0.15) is 0 Å². The Balaban J connectivity index is 2.65. The normalized spacial score (nSPS) is 11.2. The predicted molar refractivity (Wildman–Crippen MR) is 59.4 cm³/mol. The number of aromatic amines is 1. The van der Waals surface area contributed by atoms with Crippen LogP contribution in [0.4, 0.5) is 5.69 Å². The number of H-pyrrole nitrogens is 1. The Morgan fingerprint density at radius 2 is 2.12 bits per heavy atom. The lowest BCUT2D eigenvalue weighted by Gasteiger charge is -1.95. The number of nitrogens with zero attached hydrogens (tertiary/aromatic N) is 3. The van der Waals surface area contributed by atoms with Crippen LogP contribution in [0.1, 0.15) is 31.3 Å². The standard InChI is InChI=1S/C10H12N4O2/c1-5(2)9-12-7-4-8(14(15)16)6(3)11-10(7)13-9/h4-5H,1-3H3,(H,11,12,13). The number of nitrogens with one attached hydrogen (secondary N) is 1. The van der Waals surface area contributed by atoms with Gasteiger partial charge >= 0.3 is 0 Å². The number of hydrogen-bond donors (Lipinski definition) is 1. The highest BCUT2D eigenvalue weighted by Gasteiger charge is 2.16. The maximum Gasteiger partial charge on any atom is 0.292 e. The molecule has 0 fully saturated rings. The lowest BCUT2D eigenvalue weighted by Crippen LogP contribution is -1.94. The number of pyridine rings is 1. The van der Waals surface area contributed by atoms with Crippen molar-refractivity contribution in [3.8, 4) is 0 Å². The van der Waals surface area contributed by atoms with E-state index in [2.05, 4.69) is 15.0 Å². The molecule has 0 radical (unpaired) electrons. The number of imidazole rings is 1. The summed E-state index contributed by atoms with van der Waals surface area (Å²) in [5.41, 5.74) is 1.55. The van der Waals surface area contributed by atoms with Gasteiger partial charge in [-0.3, -0.25) is 10.1 Å². The molecule has 16 heavy (non-hydrogen) atoms. The van der Waals surface area contributed by atoms with E-state index in [1.165, 1.54) is 6.07 Å². The summed E-state index contributed by atoms with van der Waals surface area (Å²) in [6, 6.07) is 1.48. The number of rotatable bonds is 2. The van der Waals surface area contributed by atoms with Crippen molar-refractivity contribution in [3.05, 3.63) is 27.7 Å². The molecule has 6 nitrogen and oxygen atoms in total. The van der Waals surface area contributed by atoms with Gasteiger partial charge in [0.1, 0.15) is 11.5 Å². The minimum atomic E-state index is -0.433. The first kappa shape index (κ1) is 10.5. The summed E-state index contributed by atoms with van der Waals surface area (Å²) in [5.74, 6) is 1.04. The molecule has 6 heteroatoms. The minimum absolute atomic E-state index is 0.0199. The van der Waals surface area contributed by atoms with Crippen LogP contribution < -0.4 is 0 Å². The predicted octanol–water partition coefficient (Wildman–Crippen LogP) is 2.30. The summed E-state index contributed by atoms with van der Waals surface area (Å²) in [5, 5.41) is 10.7. The van der Waals surface area contributed by atoms with Crippen LogP contribution in [-0.2, 0) is 0 Å². The molecule has 0 atom stereocenters. The van der Waals surface area contributed by atoms with Crippen LogP contribution in [0.2, 0.25) is 0 Å². The number of aryl methyl sites for hydroxylation is 1. The Hall–Kier alpha value is -1.98. The van der Waals surface area contributed by atoms with E-state index < -0.39 is 4.92 Å². The van der Waals surface area contributed by atoms with E-state index in [1.807, 2.05) is 13.8 Å². The second-order valence-corrected chi connectivity index (χ2v) is 4.00. The number of nitro groups is 1. The second-order valence-electron chi connectivity index (χ2n) is 4.00. The molecule has 0 saturated heterocycles. The molecule has 0 saturated carbocycles. The third kappa shape index (κ3) is 1.62. The molecule has 0 aliphatic heterocycles. The van der Waals surface area contributed by atoms with Crippen molar-refractivity contribution in [2.75, 3.05) is 0 Å². The third-order valence-corrected chi connectivity index (χ3v) is 2.40. The van der Waals surface area contributed by atoms with Gasteiger partial charge in [0.25, 0.3) is 5.69 Å². The average Bonchev–Trinajstić information content (AvgIpc) is 2.58. The van der Waals surface area contributed by atoms with Crippen LogP contribution in [0.15, 0.2) is 6.07 Å². The molecule has 0 unspecified atom stereocenters. The van der Waals surface area contributed by atoms with Crippen LogP contribution in [0, 0.1) is 17.0 Å². The summed E-state index contributed by atoms with van der Waals surface area (Å²) in [6.07, 6.45) is 0. The van der Waals surface area contributed by atoms with E-state index in [9.17, 15) is 10.1 Å². The maximum absolute atomic E-state index is 10.7. The van der Waals surface area contributed by atoms with Crippen molar-refractivity contribution >= 4 is 16.9 Å². The van der Waals surface area contributed by atoms with Gasteiger partial charge in [-0.15, -0.1) is 0 Å². The quantitative estimate of drug-likeness (QED) is 0.621. The second kappa shape index (κ2) is 3.55. The molecule has 0 aliphatic carbocycles. The zero-order valence-corrected chi connectivity index (χ0v) is 9.31. The first-order valence-electron chi connectivity index (χ1n) is 5.00. The van der Waals surface area contributed by atoms with Gasteiger partial charge < -0.3 is 4.98 Å². The van der Waals surface area contributed by atoms with Gasteiger partial charge in [-0.05, 0) is 6.92 Å². The summed E-state index contributed by atoms with van der Waals surface area (Å²) in [7, 11) is 0. The molecule has 0 bridgehead atoms. The lowest BCUT2D eigenvalue weighted by atomic mass is 10.2. The molecular formula is C10H12N4O2. The Labute approximate surface area is 91.9 Å². The molecule has 0 spiro atoms. The van der Waals surface area contributed by atoms with Crippen molar-refractivity contribution in [1.29, 1.82) is 0 Å². The molecule has 0 aromatic carbocycles. The fourth-order valence-corrected chi connectivity index (χ4v) is 1.50. The van der Waals surface area contributed by atoms with Gasteiger partial charge in [0, 0.05) is 12.0 Å². The smallest absolute Gasteiger partial charge is 0.292 e. The first-order chi connectivity index (χ1) is 7.49. The highest BCUT2D eigenvalue weighted by molar-refractivity contribution is 5.74. The molecular weight excluding hydrogens is 208 g/mol. The van der Waals surface area contributed by atoms with Crippen molar-refractivity contribution in [1.82, 2.24) is 15.0 Å². The van der Waals surface area contributed by atoms with E-state index >= 15 is 0 Å². The van der Waals surface area contributed by atoms with Gasteiger partial charge in [0.2, 0.25) is 0 Å².